The fourth-order valence-corrected chi connectivity index (χ4v) is 3.03. The van der Waals surface area contributed by atoms with Crippen molar-refractivity contribution >= 4 is 17.2 Å². The summed E-state index contributed by atoms with van der Waals surface area (Å²) in [7, 11) is 1.92. The first-order chi connectivity index (χ1) is 10.3. The van der Waals surface area contributed by atoms with Crippen molar-refractivity contribution in [2.75, 3.05) is 7.05 Å². The first-order valence-corrected chi connectivity index (χ1v) is 7.03. The van der Waals surface area contributed by atoms with Gasteiger partial charge in [0.25, 0.3) is 5.91 Å². The van der Waals surface area contributed by atoms with Crippen LogP contribution in [0.3, 0.4) is 0 Å². The van der Waals surface area contributed by atoms with Gasteiger partial charge in [0.2, 0.25) is 0 Å². The summed E-state index contributed by atoms with van der Waals surface area (Å²) in [5, 5.41) is 6.03. The number of hydrogen-bond acceptors (Lipinski definition) is 3. The fourth-order valence-electron chi connectivity index (χ4n) is 3.03. The van der Waals surface area contributed by atoms with E-state index >= 15 is 0 Å². The Balaban J connectivity index is 1.71. The van der Waals surface area contributed by atoms with Crippen LogP contribution in [-0.2, 0) is 6.54 Å². The highest BCUT2D eigenvalue weighted by atomic mass is 16.1. The summed E-state index contributed by atoms with van der Waals surface area (Å²) in [6.07, 6.45) is 8.22. The SMILES string of the molecule is CNC1=CC2C(c3ccc4c(c3)CNC4=O)=CN=C2C=C1. The number of rotatable bonds is 2. The molecule has 1 aromatic rings. The van der Waals surface area contributed by atoms with Crippen LogP contribution in [0.15, 0.2) is 53.3 Å². The molecule has 0 aromatic heterocycles. The van der Waals surface area contributed by atoms with Crippen molar-refractivity contribution in [3.05, 3.63) is 65.0 Å². The van der Waals surface area contributed by atoms with Gasteiger partial charge in [0, 0.05) is 37.0 Å². The molecule has 2 aliphatic heterocycles. The third-order valence-corrected chi connectivity index (χ3v) is 4.20. The van der Waals surface area contributed by atoms with E-state index in [2.05, 4.69) is 33.8 Å². The van der Waals surface area contributed by atoms with Crippen LogP contribution in [0, 0.1) is 5.92 Å². The monoisotopic (exact) mass is 277 g/mol. The predicted octanol–water partition coefficient (Wildman–Crippen LogP) is 2.01. The number of hydrogen-bond donors (Lipinski definition) is 2. The molecule has 0 bridgehead atoms. The Morgan fingerprint density at radius 2 is 2.24 bits per heavy atom. The summed E-state index contributed by atoms with van der Waals surface area (Å²) < 4.78 is 0. The van der Waals surface area contributed by atoms with Crippen molar-refractivity contribution in [3.8, 4) is 0 Å². The van der Waals surface area contributed by atoms with Crippen LogP contribution in [0.25, 0.3) is 5.57 Å². The number of carbonyl (C=O) groups excluding carboxylic acids is 1. The average Bonchev–Trinajstić information content (AvgIpc) is 3.10. The second kappa shape index (κ2) is 4.45. The number of allylic oxidation sites excluding steroid dienone is 4. The van der Waals surface area contributed by atoms with E-state index in [1.54, 1.807) is 0 Å². The minimum absolute atomic E-state index is 0.0202. The fraction of sp³-hybridized carbons (Fsp3) is 0.176. The van der Waals surface area contributed by atoms with Crippen LogP contribution in [0.5, 0.6) is 0 Å². The second-order valence-electron chi connectivity index (χ2n) is 5.38. The van der Waals surface area contributed by atoms with E-state index in [-0.39, 0.29) is 11.8 Å². The zero-order chi connectivity index (χ0) is 14.4. The van der Waals surface area contributed by atoms with Gasteiger partial charge in [-0.2, -0.15) is 0 Å². The molecule has 4 heteroatoms. The number of nitrogens with zero attached hydrogens (tertiary/aromatic N) is 1. The molecule has 0 spiro atoms. The van der Waals surface area contributed by atoms with Crippen molar-refractivity contribution in [1.82, 2.24) is 10.6 Å². The number of nitrogens with one attached hydrogen (secondary N) is 2. The van der Waals surface area contributed by atoms with E-state index in [1.807, 2.05) is 31.5 Å². The number of aliphatic imine (C=N–C) groups is 1. The minimum atomic E-state index is 0.0202. The molecular weight excluding hydrogens is 262 g/mol. The van der Waals surface area contributed by atoms with Crippen LogP contribution in [0.2, 0.25) is 0 Å². The molecule has 0 fully saturated rings. The molecule has 104 valence electrons. The minimum Gasteiger partial charge on any atom is -0.388 e. The molecule has 1 unspecified atom stereocenters. The molecule has 0 saturated heterocycles. The molecule has 21 heavy (non-hydrogen) atoms. The van der Waals surface area contributed by atoms with Crippen LogP contribution >= 0.6 is 0 Å². The first kappa shape index (κ1) is 12.1. The molecule has 0 saturated carbocycles. The van der Waals surface area contributed by atoms with Crippen molar-refractivity contribution in [2.24, 2.45) is 10.9 Å². The van der Waals surface area contributed by atoms with E-state index in [4.69, 9.17) is 0 Å². The van der Waals surface area contributed by atoms with Gasteiger partial charge < -0.3 is 10.6 Å². The Labute approximate surface area is 123 Å². The summed E-state index contributed by atoms with van der Waals surface area (Å²) in [4.78, 5) is 16.1. The normalized spacial score (nSPS) is 22.0. The Morgan fingerprint density at radius 3 is 3.10 bits per heavy atom. The number of benzene rings is 1. The van der Waals surface area contributed by atoms with E-state index in [1.165, 1.54) is 5.57 Å². The largest absolute Gasteiger partial charge is 0.388 e. The second-order valence-corrected chi connectivity index (χ2v) is 5.38. The summed E-state index contributed by atoms with van der Waals surface area (Å²) in [6.45, 7) is 0.616. The Bertz CT molecular complexity index is 768. The molecule has 4 rings (SSSR count). The quantitative estimate of drug-likeness (QED) is 0.869. The molecule has 4 nitrogen and oxygen atoms in total. The van der Waals surface area contributed by atoms with Gasteiger partial charge in [0.1, 0.15) is 0 Å². The van der Waals surface area contributed by atoms with E-state index in [9.17, 15) is 4.79 Å². The van der Waals surface area contributed by atoms with E-state index < -0.39 is 0 Å². The third-order valence-electron chi connectivity index (χ3n) is 4.20. The van der Waals surface area contributed by atoms with Crippen LogP contribution in [0.1, 0.15) is 21.5 Å². The zero-order valence-corrected chi connectivity index (χ0v) is 11.7. The highest BCUT2D eigenvalue weighted by Gasteiger charge is 2.27. The standard InChI is InChI=1S/C17H15N3O/c1-18-12-3-5-16-14(7-12)15(9-19-16)10-2-4-13-11(6-10)8-20-17(13)21/h2-7,9,14,18H,8H2,1H3,(H,20,21). The van der Waals surface area contributed by atoms with Gasteiger partial charge in [-0.15, -0.1) is 0 Å². The number of carbonyl (C=O) groups is 1. The molecule has 2 N–H and O–H groups in total. The van der Waals surface area contributed by atoms with Crippen LogP contribution < -0.4 is 10.6 Å². The highest BCUT2D eigenvalue weighted by Crippen LogP contribution is 2.35. The molecule has 1 aliphatic carbocycles. The summed E-state index contributed by atoms with van der Waals surface area (Å²) in [5.74, 6) is 0.215. The predicted molar refractivity (Wildman–Crippen MR) is 82.8 cm³/mol. The van der Waals surface area contributed by atoms with Crippen molar-refractivity contribution in [1.29, 1.82) is 0 Å². The van der Waals surface area contributed by atoms with Crippen molar-refractivity contribution in [2.45, 2.75) is 6.54 Å². The van der Waals surface area contributed by atoms with E-state index in [0.717, 1.165) is 28.1 Å². The van der Waals surface area contributed by atoms with Gasteiger partial charge in [-0.25, -0.2) is 0 Å². The topological polar surface area (TPSA) is 53.5 Å². The van der Waals surface area contributed by atoms with Crippen LogP contribution in [0.4, 0.5) is 0 Å². The maximum atomic E-state index is 11.6. The highest BCUT2D eigenvalue weighted by molar-refractivity contribution is 6.10. The Hall–Kier alpha value is -2.62. The van der Waals surface area contributed by atoms with Gasteiger partial charge >= 0.3 is 0 Å². The molecular formula is C17H15N3O. The van der Waals surface area contributed by atoms with Gasteiger partial charge in [-0.05, 0) is 47.1 Å². The van der Waals surface area contributed by atoms with E-state index in [0.29, 0.717) is 6.54 Å². The number of likely N-dealkylation sites (N-methyl/N-ethyl adjacent to an activating group) is 1. The Kier molecular flexibility index (Phi) is 2.57. The lowest BCUT2D eigenvalue weighted by molar-refractivity contribution is 0.0966. The zero-order valence-electron chi connectivity index (χ0n) is 11.7. The molecule has 3 aliphatic rings. The summed E-state index contributed by atoms with van der Waals surface area (Å²) >= 11 is 0. The third kappa shape index (κ3) is 1.83. The van der Waals surface area contributed by atoms with Gasteiger partial charge in [0.05, 0.1) is 5.71 Å². The van der Waals surface area contributed by atoms with Crippen LogP contribution in [-0.4, -0.2) is 18.7 Å². The van der Waals surface area contributed by atoms with Gasteiger partial charge in [-0.1, -0.05) is 6.07 Å². The smallest absolute Gasteiger partial charge is 0.251 e. The van der Waals surface area contributed by atoms with Crippen molar-refractivity contribution < 1.29 is 4.79 Å². The maximum Gasteiger partial charge on any atom is 0.251 e. The first-order valence-electron chi connectivity index (χ1n) is 7.03. The lowest BCUT2D eigenvalue weighted by atomic mass is 9.87. The molecule has 2 heterocycles. The molecule has 0 radical (unpaired) electrons. The molecule has 1 atom stereocenters. The lowest BCUT2D eigenvalue weighted by Crippen LogP contribution is -2.16. The number of fused-ring (bicyclic) bond motifs is 2. The van der Waals surface area contributed by atoms with Gasteiger partial charge in [-0.3, -0.25) is 9.79 Å². The molecule has 1 amide bonds. The summed E-state index contributed by atoms with van der Waals surface area (Å²) in [5.41, 5.74) is 6.34. The maximum absolute atomic E-state index is 11.6. The average molecular weight is 277 g/mol. The molecule has 1 aromatic carbocycles. The lowest BCUT2D eigenvalue weighted by Gasteiger charge is -2.18. The van der Waals surface area contributed by atoms with Gasteiger partial charge in [0.15, 0.2) is 0 Å². The summed E-state index contributed by atoms with van der Waals surface area (Å²) in [6, 6.07) is 6.02. The number of amides is 1. The Morgan fingerprint density at radius 1 is 1.33 bits per heavy atom. The van der Waals surface area contributed by atoms with Crippen molar-refractivity contribution in [3.63, 3.8) is 0 Å².